The molecule has 174 valence electrons. The molecule has 0 saturated heterocycles. The molecule has 0 bridgehead atoms. The van der Waals surface area contributed by atoms with Gasteiger partial charge in [0.1, 0.15) is 22.4 Å². The monoisotopic (exact) mass is 521 g/mol. The molecule has 2 aromatic carbocycles. The summed E-state index contributed by atoms with van der Waals surface area (Å²) in [4.78, 5) is 0. The van der Waals surface area contributed by atoms with Crippen molar-refractivity contribution in [3.05, 3.63) is 46.2 Å². The molecular weight excluding hydrogens is 500 g/mol. The third-order valence-corrected chi connectivity index (χ3v) is 5.88. The zero-order valence-corrected chi connectivity index (χ0v) is 20.7. The van der Waals surface area contributed by atoms with Crippen LogP contribution >= 0.6 is 46.9 Å². The van der Waals surface area contributed by atoms with Gasteiger partial charge in [-0.3, -0.25) is 0 Å². The summed E-state index contributed by atoms with van der Waals surface area (Å²) >= 11 is 13.9. The first-order valence-electron chi connectivity index (χ1n) is 9.51. The molecule has 11 heteroatoms. The Morgan fingerprint density at radius 2 is 1.75 bits per heavy atom. The van der Waals surface area contributed by atoms with Crippen LogP contribution in [0, 0.1) is 5.82 Å². The van der Waals surface area contributed by atoms with Gasteiger partial charge in [-0.2, -0.15) is 0 Å². The highest BCUT2D eigenvalue weighted by atomic mass is 35.5. The van der Waals surface area contributed by atoms with Gasteiger partial charge in [-0.05, 0) is 45.0 Å². The van der Waals surface area contributed by atoms with Gasteiger partial charge in [-0.15, -0.1) is 22.6 Å². The van der Waals surface area contributed by atoms with E-state index >= 15 is 0 Å². The van der Waals surface area contributed by atoms with Crippen molar-refractivity contribution in [2.24, 2.45) is 5.73 Å². The average Bonchev–Trinajstić information content (AvgIpc) is 3.19. The second-order valence-electron chi connectivity index (χ2n) is 7.20. The van der Waals surface area contributed by atoms with Crippen LogP contribution < -0.4 is 15.2 Å². The summed E-state index contributed by atoms with van der Waals surface area (Å²) < 4.78 is 25.5. The van der Waals surface area contributed by atoms with E-state index in [1.807, 2.05) is 19.9 Å². The van der Waals surface area contributed by atoms with Gasteiger partial charge in [-0.25, -0.2) is 4.39 Å². The Labute approximate surface area is 205 Å². The Balaban J connectivity index is 0.00000363. The van der Waals surface area contributed by atoms with Gasteiger partial charge >= 0.3 is 0 Å². The second kappa shape index (κ2) is 11.4. The van der Waals surface area contributed by atoms with E-state index in [2.05, 4.69) is 10.2 Å². The van der Waals surface area contributed by atoms with Crippen molar-refractivity contribution in [3.8, 4) is 32.6 Å². The molecule has 0 amide bonds. The fourth-order valence-electron chi connectivity index (χ4n) is 2.56. The highest BCUT2D eigenvalue weighted by Gasteiger charge is 2.18. The zero-order chi connectivity index (χ0) is 22.7. The predicted molar refractivity (Wildman–Crippen MR) is 129 cm³/mol. The maximum absolute atomic E-state index is 14.5. The Morgan fingerprint density at radius 3 is 2.38 bits per heavy atom. The van der Waals surface area contributed by atoms with Crippen molar-refractivity contribution < 1.29 is 19.0 Å². The number of aliphatic hydroxyl groups is 1. The molecular formula is C21H23Cl3FN3O3S. The van der Waals surface area contributed by atoms with Crippen LogP contribution in [0.5, 0.6) is 11.5 Å². The Kier molecular flexibility index (Phi) is 9.51. The molecule has 0 saturated carbocycles. The van der Waals surface area contributed by atoms with Crippen LogP contribution in [0.3, 0.4) is 0 Å². The maximum Gasteiger partial charge on any atom is 0.165 e. The highest BCUT2D eigenvalue weighted by Crippen LogP contribution is 2.38. The van der Waals surface area contributed by atoms with Gasteiger partial charge < -0.3 is 20.3 Å². The lowest BCUT2D eigenvalue weighted by atomic mass is 10.2. The normalized spacial score (nSPS) is 12.9. The van der Waals surface area contributed by atoms with Crippen molar-refractivity contribution in [2.45, 2.75) is 39.0 Å². The minimum atomic E-state index is -0.780. The van der Waals surface area contributed by atoms with Crippen LogP contribution in [0.2, 0.25) is 10.0 Å². The molecule has 0 fully saturated rings. The minimum absolute atomic E-state index is 0. The third kappa shape index (κ3) is 6.43. The predicted octanol–water partition coefficient (Wildman–Crippen LogP) is 5.61. The fraction of sp³-hybridized carbons (Fsp3) is 0.333. The Hall–Kier alpha value is -1.68. The van der Waals surface area contributed by atoms with Crippen LogP contribution in [-0.4, -0.2) is 40.2 Å². The molecule has 6 nitrogen and oxygen atoms in total. The van der Waals surface area contributed by atoms with E-state index < -0.39 is 18.0 Å². The van der Waals surface area contributed by atoms with Crippen molar-refractivity contribution in [1.82, 2.24) is 10.2 Å². The first kappa shape index (κ1) is 26.6. The molecule has 2 atom stereocenters. The van der Waals surface area contributed by atoms with Gasteiger partial charge in [0, 0.05) is 17.2 Å². The van der Waals surface area contributed by atoms with Crippen molar-refractivity contribution >= 4 is 46.9 Å². The topological polar surface area (TPSA) is 90.5 Å². The Bertz CT molecular complexity index is 1070. The average molecular weight is 523 g/mol. The standard InChI is InChI=1S/C21H22Cl2FN3O3S.ClH/c1-10(2)30-18-5-4-12(6-15(18)23)20-26-27-21(31-20)13-7-16(24)19(8-14(13)22)29-9-17(25)11(3)28;/h4-8,10-11,17,28H,9,25H2,1-3H3;1H/t11-,17-;/m0./s1. The van der Waals surface area contributed by atoms with Crippen molar-refractivity contribution in [3.63, 3.8) is 0 Å². The van der Waals surface area contributed by atoms with E-state index in [9.17, 15) is 9.50 Å². The van der Waals surface area contributed by atoms with Crippen LogP contribution in [0.25, 0.3) is 21.1 Å². The van der Waals surface area contributed by atoms with Crippen molar-refractivity contribution in [2.75, 3.05) is 6.61 Å². The van der Waals surface area contributed by atoms with Gasteiger partial charge in [0.2, 0.25) is 0 Å². The third-order valence-electron chi connectivity index (χ3n) is 4.27. The summed E-state index contributed by atoms with van der Waals surface area (Å²) in [7, 11) is 0. The SMILES string of the molecule is CC(C)Oc1ccc(-c2nnc(-c3cc(F)c(OC[C@H](N)[C@H](C)O)cc3Cl)s2)cc1Cl.Cl. The molecule has 3 aromatic rings. The van der Waals surface area contributed by atoms with Crippen LogP contribution in [0.15, 0.2) is 30.3 Å². The summed E-state index contributed by atoms with van der Waals surface area (Å²) in [6.45, 7) is 5.32. The van der Waals surface area contributed by atoms with Crippen LogP contribution in [0.4, 0.5) is 4.39 Å². The van der Waals surface area contributed by atoms with E-state index in [1.165, 1.54) is 30.4 Å². The van der Waals surface area contributed by atoms with Gasteiger partial charge in [0.15, 0.2) is 11.6 Å². The van der Waals surface area contributed by atoms with E-state index in [1.54, 1.807) is 12.1 Å². The van der Waals surface area contributed by atoms with Gasteiger partial charge in [0.25, 0.3) is 0 Å². The molecule has 3 N–H and O–H groups in total. The van der Waals surface area contributed by atoms with Gasteiger partial charge in [0.05, 0.1) is 28.3 Å². The number of benzene rings is 2. The lowest BCUT2D eigenvalue weighted by Gasteiger charge is -2.16. The molecule has 1 aromatic heterocycles. The highest BCUT2D eigenvalue weighted by molar-refractivity contribution is 7.18. The molecule has 32 heavy (non-hydrogen) atoms. The molecule has 0 unspecified atom stereocenters. The fourth-order valence-corrected chi connectivity index (χ4v) is 3.95. The smallest absolute Gasteiger partial charge is 0.165 e. The van der Waals surface area contributed by atoms with E-state index in [-0.39, 0.29) is 35.9 Å². The molecule has 0 aliphatic heterocycles. The summed E-state index contributed by atoms with van der Waals surface area (Å²) in [5, 5.41) is 19.5. The number of aliphatic hydroxyl groups excluding tert-OH is 1. The molecule has 3 rings (SSSR count). The number of rotatable bonds is 8. The number of halogens is 4. The van der Waals surface area contributed by atoms with E-state index in [0.29, 0.717) is 26.4 Å². The lowest BCUT2D eigenvalue weighted by Crippen LogP contribution is -2.38. The quantitative estimate of drug-likeness (QED) is 0.399. The van der Waals surface area contributed by atoms with Crippen LogP contribution in [0.1, 0.15) is 20.8 Å². The largest absolute Gasteiger partial charge is 0.489 e. The summed E-state index contributed by atoms with van der Waals surface area (Å²) in [6.07, 6.45) is -0.777. The molecule has 0 aliphatic rings. The molecule has 1 heterocycles. The number of hydrogen-bond acceptors (Lipinski definition) is 7. The maximum atomic E-state index is 14.5. The number of nitrogens with two attached hydrogens (primary N) is 1. The zero-order valence-electron chi connectivity index (χ0n) is 17.5. The summed E-state index contributed by atoms with van der Waals surface area (Å²) in [5.74, 6) is -0.0875. The summed E-state index contributed by atoms with van der Waals surface area (Å²) in [5.41, 5.74) is 6.86. The molecule has 0 aliphatic carbocycles. The van der Waals surface area contributed by atoms with Gasteiger partial charge in [-0.1, -0.05) is 34.5 Å². The number of aromatic nitrogens is 2. The second-order valence-corrected chi connectivity index (χ2v) is 8.99. The number of hydrogen-bond donors (Lipinski definition) is 2. The Morgan fingerprint density at radius 1 is 1.06 bits per heavy atom. The first-order valence-corrected chi connectivity index (χ1v) is 11.1. The number of ether oxygens (including phenoxy) is 2. The van der Waals surface area contributed by atoms with E-state index in [0.717, 1.165) is 5.56 Å². The molecule has 0 radical (unpaired) electrons. The van der Waals surface area contributed by atoms with E-state index in [4.69, 9.17) is 38.4 Å². The van der Waals surface area contributed by atoms with Crippen LogP contribution in [-0.2, 0) is 0 Å². The minimum Gasteiger partial charge on any atom is -0.489 e. The van der Waals surface area contributed by atoms with Crippen molar-refractivity contribution in [1.29, 1.82) is 0 Å². The first-order chi connectivity index (χ1) is 14.7. The summed E-state index contributed by atoms with van der Waals surface area (Å²) in [6, 6.07) is 7.30. The molecule has 0 spiro atoms. The lowest BCUT2D eigenvalue weighted by molar-refractivity contribution is 0.129. The number of nitrogens with zero attached hydrogens (tertiary/aromatic N) is 2.